The van der Waals surface area contributed by atoms with E-state index >= 15 is 0 Å². The molecule has 2 nitrogen and oxygen atoms in total. The van der Waals surface area contributed by atoms with Crippen LogP contribution >= 0.6 is 24.0 Å². The second-order valence-corrected chi connectivity index (χ2v) is 4.82. The average Bonchev–Trinajstić information content (AvgIpc) is 2.38. The Hall–Kier alpha value is -0.740. The van der Waals surface area contributed by atoms with Crippen molar-refractivity contribution in [3.05, 3.63) is 24.3 Å². The lowest BCUT2D eigenvalue weighted by Crippen LogP contribution is -2.33. The first-order valence-electron chi connectivity index (χ1n) is 5.76. The molecule has 0 saturated heterocycles. The van der Waals surface area contributed by atoms with Crippen LogP contribution < -0.4 is 4.74 Å². The van der Waals surface area contributed by atoms with Crippen molar-refractivity contribution in [3.63, 3.8) is 0 Å². The summed E-state index contributed by atoms with van der Waals surface area (Å²) in [6, 6.07) is 8.04. The lowest BCUT2D eigenvalue weighted by Gasteiger charge is -2.22. The van der Waals surface area contributed by atoms with Gasteiger partial charge in [-0.3, -0.25) is 0 Å². The van der Waals surface area contributed by atoms with Gasteiger partial charge >= 0.3 is 0 Å². The molecule has 0 heterocycles. The smallest absolute Gasteiger partial charge is 0.138 e. The predicted octanol–water partition coefficient (Wildman–Crippen LogP) is 3.46. The highest BCUT2D eigenvalue weighted by atomic mass is 32.2. The van der Waals surface area contributed by atoms with E-state index in [1.54, 1.807) is 11.8 Å². The molecule has 0 aromatic heterocycles. The molecular formula is C13H19NOS2. The fraction of sp³-hybridized carbons (Fsp3) is 0.462. The Morgan fingerprint density at radius 2 is 1.94 bits per heavy atom. The quantitative estimate of drug-likeness (QED) is 0.579. The van der Waals surface area contributed by atoms with Crippen LogP contribution in [0.4, 0.5) is 0 Å². The van der Waals surface area contributed by atoms with Gasteiger partial charge in [-0.1, -0.05) is 24.4 Å². The molecule has 1 aromatic rings. The summed E-state index contributed by atoms with van der Waals surface area (Å²) in [5.74, 6) is 0.912. The van der Waals surface area contributed by atoms with Crippen LogP contribution in [0.2, 0.25) is 0 Å². The number of likely N-dealkylation sites (N-methyl/N-ethyl adjacent to an activating group) is 1. The number of nitrogens with zero attached hydrogens (tertiary/aromatic N) is 1. The Morgan fingerprint density at radius 3 is 2.53 bits per heavy atom. The lowest BCUT2D eigenvalue weighted by molar-refractivity contribution is 0.342. The van der Waals surface area contributed by atoms with E-state index in [1.165, 1.54) is 0 Å². The zero-order valence-corrected chi connectivity index (χ0v) is 12.2. The predicted molar refractivity (Wildman–Crippen MR) is 79.2 cm³/mol. The molecule has 4 heteroatoms. The van der Waals surface area contributed by atoms with Crippen molar-refractivity contribution < 1.29 is 4.74 Å². The van der Waals surface area contributed by atoms with Crippen LogP contribution in [0.1, 0.15) is 13.8 Å². The number of thioether (sulfide) groups is 1. The fourth-order valence-corrected chi connectivity index (χ4v) is 2.41. The molecule has 1 aromatic carbocycles. The van der Waals surface area contributed by atoms with Crippen molar-refractivity contribution >= 4 is 29.0 Å². The second-order valence-electron chi connectivity index (χ2n) is 3.51. The van der Waals surface area contributed by atoms with Crippen molar-refractivity contribution in [2.75, 3.05) is 26.0 Å². The number of hydrogen-bond donors (Lipinski definition) is 0. The third-order valence-corrected chi connectivity index (χ3v) is 3.69. The van der Waals surface area contributed by atoms with Gasteiger partial charge < -0.3 is 9.64 Å². The standard InChI is InChI=1S/C13H19NOS2/c1-4-14(5-2)13(16)10-15-11-8-6-7-9-12(11)17-3/h6-9H,4-5,10H2,1-3H3. The monoisotopic (exact) mass is 269 g/mol. The summed E-state index contributed by atoms with van der Waals surface area (Å²) >= 11 is 7.03. The van der Waals surface area contributed by atoms with E-state index in [9.17, 15) is 0 Å². The molecule has 0 spiro atoms. The van der Waals surface area contributed by atoms with Gasteiger partial charge in [0.05, 0.1) is 0 Å². The van der Waals surface area contributed by atoms with Crippen LogP contribution in [0.5, 0.6) is 5.75 Å². The number of para-hydroxylation sites is 1. The molecule has 0 aliphatic carbocycles. The van der Waals surface area contributed by atoms with Crippen molar-refractivity contribution in [1.29, 1.82) is 0 Å². The SMILES string of the molecule is CCN(CC)C(=S)COc1ccccc1SC. The van der Waals surface area contributed by atoms with Gasteiger partial charge in [0.25, 0.3) is 0 Å². The minimum atomic E-state index is 0.481. The van der Waals surface area contributed by atoms with E-state index in [0.717, 1.165) is 28.7 Å². The molecule has 0 N–H and O–H groups in total. The summed E-state index contributed by atoms with van der Waals surface area (Å²) in [6.07, 6.45) is 2.05. The van der Waals surface area contributed by atoms with Gasteiger partial charge in [0, 0.05) is 18.0 Å². The van der Waals surface area contributed by atoms with Gasteiger partial charge in [-0.05, 0) is 32.2 Å². The Balaban J connectivity index is 2.58. The van der Waals surface area contributed by atoms with Gasteiger partial charge in [-0.15, -0.1) is 11.8 Å². The lowest BCUT2D eigenvalue weighted by atomic mass is 10.3. The average molecular weight is 269 g/mol. The Bertz CT molecular complexity index is 364. The maximum absolute atomic E-state index is 5.77. The van der Waals surface area contributed by atoms with Gasteiger partial charge in [0.1, 0.15) is 17.3 Å². The molecule has 0 bridgehead atoms. The van der Waals surface area contributed by atoms with Crippen molar-refractivity contribution in [1.82, 2.24) is 4.90 Å². The summed E-state index contributed by atoms with van der Waals surface area (Å²) in [5.41, 5.74) is 0. The second kappa shape index (κ2) is 7.56. The molecule has 0 unspecified atom stereocenters. The number of hydrogen-bond acceptors (Lipinski definition) is 3. The maximum Gasteiger partial charge on any atom is 0.138 e. The van der Waals surface area contributed by atoms with E-state index in [0.29, 0.717) is 6.61 Å². The molecule has 0 aliphatic rings. The molecule has 0 aliphatic heterocycles. The highest BCUT2D eigenvalue weighted by molar-refractivity contribution is 7.98. The first-order valence-corrected chi connectivity index (χ1v) is 7.39. The highest BCUT2D eigenvalue weighted by Crippen LogP contribution is 2.26. The van der Waals surface area contributed by atoms with Gasteiger partial charge in [0.2, 0.25) is 0 Å². The summed E-state index contributed by atoms with van der Waals surface area (Å²) in [5, 5.41) is 0. The van der Waals surface area contributed by atoms with Crippen LogP contribution in [-0.4, -0.2) is 35.8 Å². The Morgan fingerprint density at radius 1 is 1.29 bits per heavy atom. The molecule has 94 valence electrons. The molecule has 0 saturated carbocycles. The van der Waals surface area contributed by atoms with E-state index in [1.807, 2.05) is 24.5 Å². The zero-order valence-electron chi connectivity index (χ0n) is 10.6. The molecular weight excluding hydrogens is 250 g/mol. The van der Waals surface area contributed by atoms with Gasteiger partial charge in [-0.2, -0.15) is 0 Å². The first kappa shape index (κ1) is 14.3. The highest BCUT2D eigenvalue weighted by Gasteiger charge is 2.07. The summed E-state index contributed by atoms with van der Waals surface area (Å²) < 4.78 is 5.77. The van der Waals surface area contributed by atoms with Crippen LogP contribution in [0.25, 0.3) is 0 Å². The third kappa shape index (κ3) is 4.21. The normalized spacial score (nSPS) is 10.1. The van der Waals surface area contributed by atoms with E-state index < -0.39 is 0 Å². The van der Waals surface area contributed by atoms with Crippen LogP contribution in [-0.2, 0) is 0 Å². The third-order valence-electron chi connectivity index (χ3n) is 2.54. The van der Waals surface area contributed by atoms with Gasteiger partial charge in [-0.25, -0.2) is 0 Å². The minimum absolute atomic E-state index is 0.481. The molecule has 0 fully saturated rings. The van der Waals surface area contributed by atoms with Crippen molar-refractivity contribution in [2.45, 2.75) is 18.7 Å². The molecule has 0 atom stereocenters. The summed E-state index contributed by atoms with van der Waals surface area (Å²) in [4.78, 5) is 4.15. The summed E-state index contributed by atoms with van der Waals surface area (Å²) in [7, 11) is 0. The zero-order chi connectivity index (χ0) is 12.7. The molecule has 0 amide bonds. The van der Waals surface area contributed by atoms with E-state index in [2.05, 4.69) is 24.8 Å². The van der Waals surface area contributed by atoms with Crippen LogP contribution in [0, 0.1) is 0 Å². The van der Waals surface area contributed by atoms with Crippen LogP contribution in [0.3, 0.4) is 0 Å². The number of ether oxygens (including phenoxy) is 1. The maximum atomic E-state index is 5.77. The van der Waals surface area contributed by atoms with Crippen molar-refractivity contribution in [3.8, 4) is 5.75 Å². The molecule has 1 rings (SSSR count). The minimum Gasteiger partial charge on any atom is -0.485 e. The van der Waals surface area contributed by atoms with E-state index in [-0.39, 0.29) is 0 Å². The van der Waals surface area contributed by atoms with E-state index in [4.69, 9.17) is 17.0 Å². The number of benzene rings is 1. The van der Waals surface area contributed by atoms with Crippen molar-refractivity contribution in [2.24, 2.45) is 0 Å². The fourth-order valence-electron chi connectivity index (χ4n) is 1.55. The largest absolute Gasteiger partial charge is 0.485 e. The molecule has 0 radical (unpaired) electrons. The topological polar surface area (TPSA) is 12.5 Å². The Kier molecular flexibility index (Phi) is 6.37. The molecule has 17 heavy (non-hydrogen) atoms. The van der Waals surface area contributed by atoms with Crippen LogP contribution in [0.15, 0.2) is 29.2 Å². The first-order chi connectivity index (χ1) is 8.22. The number of rotatable bonds is 6. The number of thiocarbonyl (C=S) groups is 1. The summed E-state index contributed by atoms with van der Waals surface area (Å²) in [6.45, 7) is 6.55. The van der Waals surface area contributed by atoms with Gasteiger partial charge in [0.15, 0.2) is 0 Å². The Labute approximate surface area is 113 Å².